The van der Waals surface area contributed by atoms with Gasteiger partial charge in [0.1, 0.15) is 0 Å². The number of aromatic nitrogens is 4. The molecule has 0 spiro atoms. The van der Waals surface area contributed by atoms with Crippen LogP contribution in [0.25, 0.3) is 11.2 Å². The zero-order valence-corrected chi connectivity index (χ0v) is 18.6. The maximum absolute atomic E-state index is 13.4. The van der Waals surface area contributed by atoms with Crippen LogP contribution in [-0.4, -0.2) is 71.3 Å². The van der Waals surface area contributed by atoms with Gasteiger partial charge >= 0.3 is 5.69 Å². The normalized spacial score (nSPS) is 14.1. The Kier molecular flexibility index (Phi) is 8.28. The molecule has 0 aromatic carbocycles. The fourth-order valence-corrected chi connectivity index (χ4v) is 3.69. The second-order valence-electron chi connectivity index (χ2n) is 7.12. The molecule has 31 heavy (non-hydrogen) atoms. The topological polar surface area (TPSA) is 95.6 Å². The van der Waals surface area contributed by atoms with Gasteiger partial charge in [-0.3, -0.25) is 18.5 Å². The van der Waals surface area contributed by atoms with E-state index in [2.05, 4.69) is 22.1 Å². The number of imidazole rings is 1. The Morgan fingerprint density at radius 2 is 1.65 bits per heavy atom. The summed E-state index contributed by atoms with van der Waals surface area (Å²) in [6, 6.07) is 0. The van der Waals surface area contributed by atoms with Crippen LogP contribution in [-0.2, 0) is 29.1 Å². The third-order valence-electron chi connectivity index (χ3n) is 5.23. The Bertz CT molecular complexity index is 1050. The lowest BCUT2D eigenvalue weighted by molar-refractivity contribution is 0.133. The first-order valence-corrected chi connectivity index (χ1v) is 10.9. The molecule has 10 nitrogen and oxygen atoms in total. The van der Waals surface area contributed by atoms with Crippen molar-refractivity contribution in [3.63, 3.8) is 0 Å². The molecule has 0 bridgehead atoms. The first-order valence-electron chi connectivity index (χ1n) is 10.9. The number of fused-ring (bicyclic) bond motifs is 1. The van der Waals surface area contributed by atoms with Gasteiger partial charge in [0.25, 0.3) is 5.56 Å². The molecule has 10 heteroatoms. The highest BCUT2D eigenvalue weighted by Crippen LogP contribution is 2.20. The maximum Gasteiger partial charge on any atom is 0.332 e. The van der Waals surface area contributed by atoms with Gasteiger partial charge in [0, 0.05) is 39.4 Å². The van der Waals surface area contributed by atoms with E-state index in [0.717, 1.165) is 26.2 Å². The monoisotopic (exact) mass is 432 g/mol. The molecule has 3 rings (SSSR count). The lowest BCUT2D eigenvalue weighted by atomic mass is 10.4. The minimum atomic E-state index is -0.394. The summed E-state index contributed by atoms with van der Waals surface area (Å²) in [4.78, 5) is 33.6. The predicted molar refractivity (Wildman–Crippen MR) is 120 cm³/mol. The summed E-state index contributed by atoms with van der Waals surface area (Å²) in [6.07, 6.45) is 0. The fraction of sp³-hybridized carbons (Fsp3) is 0.667. The molecule has 1 N–H and O–H groups in total. The zero-order valence-electron chi connectivity index (χ0n) is 18.6. The number of nitrogens with one attached hydrogen (secondary N) is 1. The van der Waals surface area contributed by atoms with Crippen LogP contribution < -0.4 is 21.5 Å². The van der Waals surface area contributed by atoms with Crippen molar-refractivity contribution in [2.75, 3.05) is 57.5 Å². The van der Waals surface area contributed by atoms with E-state index in [1.165, 1.54) is 4.57 Å². The van der Waals surface area contributed by atoms with Crippen LogP contribution in [0.15, 0.2) is 9.59 Å². The summed E-state index contributed by atoms with van der Waals surface area (Å²) < 4.78 is 15.5. The van der Waals surface area contributed by atoms with Crippen LogP contribution in [0.2, 0.25) is 0 Å². The van der Waals surface area contributed by atoms with Crippen molar-refractivity contribution in [1.29, 1.82) is 0 Å². The van der Waals surface area contributed by atoms with Crippen molar-refractivity contribution in [2.24, 2.45) is 0 Å². The molecule has 2 aromatic heterocycles. The van der Waals surface area contributed by atoms with E-state index in [0.29, 0.717) is 50.0 Å². The van der Waals surface area contributed by atoms with Gasteiger partial charge in [0.05, 0.1) is 32.8 Å². The predicted octanol–water partition coefficient (Wildman–Crippen LogP) is -0.134. The SMILES string of the molecule is CC#CCn1c(N2CCNCC2)nc2c1c(=O)n(CCOCC)c(=O)n2CCOCC. The van der Waals surface area contributed by atoms with Crippen LogP contribution in [0, 0.1) is 11.8 Å². The lowest BCUT2D eigenvalue weighted by Crippen LogP contribution is -2.44. The highest BCUT2D eigenvalue weighted by molar-refractivity contribution is 5.75. The van der Waals surface area contributed by atoms with E-state index < -0.39 is 5.69 Å². The molecule has 170 valence electrons. The van der Waals surface area contributed by atoms with Gasteiger partial charge < -0.3 is 19.7 Å². The standard InChI is InChI=1S/C21H32N6O4/c1-4-7-10-25-17-18(23-20(25)24-11-8-22-9-12-24)26(13-15-30-5-2)21(29)27(19(17)28)14-16-31-6-3/h22H,5-6,8-16H2,1-3H3. The number of ether oxygens (including phenoxy) is 2. The quantitative estimate of drug-likeness (QED) is 0.413. The molecular weight excluding hydrogens is 400 g/mol. The minimum Gasteiger partial charge on any atom is -0.380 e. The molecule has 1 aliphatic heterocycles. The van der Waals surface area contributed by atoms with Gasteiger partial charge in [-0.15, -0.1) is 5.92 Å². The lowest BCUT2D eigenvalue weighted by Gasteiger charge is -2.28. The molecular formula is C21H32N6O4. The second-order valence-corrected chi connectivity index (χ2v) is 7.12. The van der Waals surface area contributed by atoms with Gasteiger partial charge in [-0.2, -0.15) is 4.98 Å². The minimum absolute atomic E-state index is 0.184. The molecule has 0 unspecified atom stereocenters. The summed E-state index contributed by atoms with van der Waals surface area (Å²) in [7, 11) is 0. The Balaban J connectivity index is 2.22. The van der Waals surface area contributed by atoms with Crippen LogP contribution in [0.5, 0.6) is 0 Å². The van der Waals surface area contributed by atoms with E-state index in [1.807, 2.05) is 18.4 Å². The Hall–Kier alpha value is -2.61. The van der Waals surface area contributed by atoms with Crippen molar-refractivity contribution in [2.45, 2.75) is 40.4 Å². The van der Waals surface area contributed by atoms with E-state index in [9.17, 15) is 9.59 Å². The molecule has 0 saturated carbocycles. The van der Waals surface area contributed by atoms with Gasteiger partial charge in [0.2, 0.25) is 5.95 Å². The van der Waals surface area contributed by atoms with Gasteiger partial charge in [-0.1, -0.05) is 5.92 Å². The molecule has 1 saturated heterocycles. The average Bonchev–Trinajstić information content (AvgIpc) is 3.17. The van der Waals surface area contributed by atoms with E-state index in [-0.39, 0.29) is 18.7 Å². The highest BCUT2D eigenvalue weighted by Gasteiger charge is 2.25. The summed E-state index contributed by atoms with van der Waals surface area (Å²) >= 11 is 0. The third-order valence-corrected chi connectivity index (χ3v) is 5.23. The van der Waals surface area contributed by atoms with Crippen LogP contribution in [0.1, 0.15) is 20.8 Å². The third kappa shape index (κ3) is 5.01. The molecule has 3 heterocycles. The molecule has 1 aliphatic rings. The molecule has 2 aromatic rings. The Morgan fingerprint density at radius 3 is 2.26 bits per heavy atom. The van der Waals surface area contributed by atoms with Crippen LogP contribution >= 0.6 is 0 Å². The largest absolute Gasteiger partial charge is 0.380 e. The average molecular weight is 433 g/mol. The first kappa shape index (κ1) is 23.1. The van der Waals surface area contributed by atoms with Crippen molar-refractivity contribution in [3.05, 3.63) is 20.8 Å². The summed E-state index contributed by atoms with van der Waals surface area (Å²) in [6.45, 7) is 11.3. The van der Waals surface area contributed by atoms with Crippen molar-refractivity contribution >= 4 is 17.1 Å². The number of anilines is 1. The molecule has 0 amide bonds. The van der Waals surface area contributed by atoms with Crippen molar-refractivity contribution < 1.29 is 9.47 Å². The van der Waals surface area contributed by atoms with Crippen LogP contribution in [0.4, 0.5) is 5.95 Å². The number of piperazine rings is 1. The van der Waals surface area contributed by atoms with Crippen molar-refractivity contribution in [3.8, 4) is 11.8 Å². The van der Waals surface area contributed by atoms with Crippen LogP contribution in [0.3, 0.4) is 0 Å². The fourth-order valence-electron chi connectivity index (χ4n) is 3.69. The van der Waals surface area contributed by atoms with E-state index in [4.69, 9.17) is 14.5 Å². The Labute approximate surface area is 181 Å². The number of nitrogens with zero attached hydrogens (tertiary/aromatic N) is 5. The van der Waals surface area contributed by atoms with E-state index in [1.54, 1.807) is 11.5 Å². The Morgan fingerprint density at radius 1 is 1.00 bits per heavy atom. The first-order chi connectivity index (χ1) is 15.1. The van der Waals surface area contributed by atoms with Gasteiger partial charge in [-0.25, -0.2) is 4.79 Å². The smallest absolute Gasteiger partial charge is 0.332 e. The van der Waals surface area contributed by atoms with Gasteiger partial charge in [-0.05, 0) is 20.8 Å². The van der Waals surface area contributed by atoms with E-state index >= 15 is 0 Å². The van der Waals surface area contributed by atoms with Gasteiger partial charge in [0.15, 0.2) is 11.2 Å². The maximum atomic E-state index is 13.4. The van der Waals surface area contributed by atoms with Crippen molar-refractivity contribution in [1.82, 2.24) is 24.0 Å². The second kappa shape index (κ2) is 11.1. The highest BCUT2D eigenvalue weighted by atomic mass is 16.5. The zero-order chi connectivity index (χ0) is 22.2. The number of hydrogen-bond donors (Lipinski definition) is 1. The summed E-state index contributed by atoms with van der Waals surface area (Å²) in [5.41, 5.74) is 0.0202. The molecule has 0 aliphatic carbocycles. The number of rotatable bonds is 10. The summed E-state index contributed by atoms with van der Waals surface area (Å²) in [5.74, 6) is 6.62. The molecule has 0 atom stereocenters. The summed E-state index contributed by atoms with van der Waals surface area (Å²) in [5, 5.41) is 3.33. The number of hydrogen-bond acceptors (Lipinski definition) is 7. The molecule has 0 radical (unpaired) electrons. The molecule has 1 fully saturated rings.